The van der Waals surface area contributed by atoms with E-state index in [-0.39, 0.29) is 17.7 Å². The van der Waals surface area contributed by atoms with Gasteiger partial charge < -0.3 is 10.6 Å². The van der Waals surface area contributed by atoms with E-state index >= 15 is 0 Å². The highest BCUT2D eigenvalue weighted by Gasteiger charge is 2.33. The molecule has 2 aliphatic rings. The number of benzene rings is 3. The number of hydrogen-bond donors (Lipinski definition) is 2. The van der Waals surface area contributed by atoms with Crippen LogP contribution < -0.4 is 10.6 Å². The van der Waals surface area contributed by atoms with E-state index in [9.17, 15) is 8.78 Å². The highest BCUT2D eigenvalue weighted by Crippen LogP contribution is 2.35. The Morgan fingerprint density at radius 2 is 1.56 bits per heavy atom. The van der Waals surface area contributed by atoms with Crippen molar-refractivity contribution in [2.24, 2.45) is 0 Å². The Morgan fingerprint density at radius 1 is 0.912 bits per heavy atom. The molecule has 3 nitrogen and oxygen atoms in total. The minimum atomic E-state index is -0.271. The number of rotatable bonds is 4. The molecule has 0 bridgehead atoms. The Kier molecular flexibility index (Phi) is 6.59. The first-order chi connectivity index (χ1) is 16.4. The van der Waals surface area contributed by atoms with Gasteiger partial charge in [-0.2, -0.15) is 0 Å². The van der Waals surface area contributed by atoms with E-state index in [0.717, 1.165) is 45.5 Å². The molecule has 0 amide bonds. The third-order valence-electron chi connectivity index (χ3n) is 6.03. The largest absolute Gasteiger partial charge is 0.352 e. The lowest BCUT2D eigenvalue weighted by Gasteiger charge is -2.40. The molecule has 2 heterocycles. The van der Waals surface area contributed by atoms with Crippen molar-refractivity contribution in [1.82, 2.24) is 15.5 Å². The maximum Gasteiger partial charge on any atom is 0.171 e. The minimum absolute atomic E-state index is 0.173. The van der Waals surface area contributed by atoms with Crippen molar-refractivity contribution in [3.63, 3.8) is 0 Å². The molecule has 2 aliphatic heterocycles. The Labute approximate surface area is 211 Å². The van der Waals surface area contributed by atoms with Crippen LogP contribution in [-0.4, -0.2) is 23.1 Å². The van der Waals surface area contributed by atoms with Crippen LogP contribution in [0.25, 0.3) is 6.08 Å². The van der Waals surface area contributed by atoms with Crippen molar-refractivity contribution < 1.29 is 8.78 Å². The number of halogens is 3. The number of nitrogens with zero attached hydrogens (tertiary/aromatic N) is 1. The van der Waals surface area contributed by atoms with Gasteiger partial charge in [0.05, 0.1) is 6.04 Å². The minimum Gasteiger partial charge on any atom is -0.352 e. The SMILES string of the molecule is Fc1ccc(/C=C2\CN(Cc3ccc(Br)cc3)CC3=C2NC(=S)NC3c2ccc(F)cc2)cc1. The summed E-state index contributed by atoms with van der Waals surface area (Å²) in [6.45, 7) is 2.19. The molecule has 0 fully saturated rings. The van der Waals surface area contributed by atoms with Crippen LogP contribution in [0.15, 0.2) is 94.1 Å². The predicted octanol–water partition coefficient (Wildman–Crippen LogP) is 6.10. The zero-order valence-electron chi connectivity index (χ0n) is 18.2. The van der Waals surface area contributed by atoms with Gasteiger partial charge in [0.25, 0.3) is 0 Å². The molecule has 34 heavy (non-hydrogen) atoms. The number of nitrogens with one attached hydrogen (secondary N) is 2. The Bertz CT molecular complexity index is 1270. The molecule has 172 valence electrons. The first-order valence-electron chi connectivity index (χ1n) is 10.9. The monoisotopic (exact) mass is 537 g/mol. The van der Waals surface area contributed by atoms with Gasteiger partial charge in [-0.25, -0.2) is 8.78 Å². The second-order valence-electron chi connectivity index (χ2n) is 8.48. The summed E-state index contributed by atoms with van der Waals surface area (Å²) in [5, 5.41) is 7.25. The second-order valence-corrected chi connectivity index (χ2v) is 9.80. The molecule has 5 rings (SSSR count). The molecule has 0 saturated carbocycles. The summed E-state index contributed by atoms with van der Waals surface area (Å²) in [6.07, 6.45) is 2.07. The van der Waals surface area contributed by atoms with Gasteiger partial charge in [0.15, 0.2) is 5.11 Å². The maximum atomic E-state index is 13.6. The van der Waals surface area contributed by atoms with E-state index in [1.807, 2.05) is 12.1 Å². The van der Waals surface area contributed by atoms with Crippen molar-refractivity contribution in [1.29, 1.82) is 0 Å². The molecule has 0 saturated heterocycles. The topological polar surface area (TPSA) is 27.3 Å². The fraction of sp³-hybridized carbons (Fsp3) is 0.148. The summed E-state index contributed by atoms with van der Waals surface area (Å²) in [7, 11) is 0. The molecule has 2 N–H and O–H groups in total. The smallest absolute Gasteiger partial charge is 0.171 e. The Morgan fingerprint density at radius 3 is 2.24 bits per heavy atom. The molecule has 0 aromatic heterocycles. The zero-order valence-corrected chi connectivity index (χ0v) is 20.6. The maximum absolute atomic E-state index is 13.6. The first kappa shape index (κ1) is 22.9. The van der Waals surface area contributed by atoms with E-state index in [1.54, 1.807) is 24.3 Å². The molecule has 3 aromatic rings. The highest BCUT2D eigenvalue weighted by molar-refractivity contribution is 9.10. The molecule has 0 radical (unpaired) electrons. The van der Waals surface area contributed by atoms with Gasteiger partial charge >= 0.3 is 0 Å². The van der Waals surface area contributed by atoms with Crippen LogP contribution in [0.2, 0.25) is 0 Å². The number of thiocarbonyl (C=S) groups is 1. The summed E-state index contributed by atoms with van der Waals surface area (Å²) >= 11 is 9.03. The average Bonchev–Trinajstić information content (AvgIpc) is 2.83. The normalized spacial score (nSPS) is 19.6. The number of hydrogen-bond acceptors (Lipinski definition) is 2. The van der Waals surface area contributed by atoms with Crippen molar-refractivity contribution in [2.45, 2.75) is 12.6 Å². The first-order valence-corrected chi connectivity index (χ1v) is 12.1. The lowest BCUT2D eigenvalue weighted by Crippen LogP contribution is -2.49. The van der Waals surface area contributed by atoms with Gasteiger partial charge in [0.1, 0.15) is 11.6 Å². The summed E-state index contributed by atoms with van der Waals surface area (Å²) in [6, 6.07) is 21.1. The van der Waals surface area contributed by atoms with Crippen molar-refractivity contribution >= 4 is 39.3 Å². The van der Waals surface area contributed by atoms with E-state index < -0.39 is 0 Å². The van der Waals surface area contributed by atoms with Crippen molar-refractivity contribution in [3.05, 3.63) is 122 Å². The molecular formula is C27H22BrF2N3S. The van der Waals surface area contributed by atoms with Gasteiger partial charge in [0, 0.05) is 29.8 Å². The van der Waals surface area contributed by atoms with Gasteiger partial charge in [-0.1, -0.05) is 52.3 Å². The quantitative estimate of drug-likeness (QED) is 0.393. The lowest BCUT2D eigenvalue weighted by molar-refractivity contribution is 0.292. The Hall–Kier alpha value is -2.87. The summed E-state index contributed by atoms with van der Waals surface area (Å²) in [5.74, 6) is -0.535. The predicted molar refractivity (Wildman–Crippen MR) is 139 cm³/mol. The van der Waals surface area contributed by atoms with Crippen LogP contribution in [0, 0.1) is 11.6 Å². The van der Waals surface area contributed by atoms with E-state index in [0.29, 0.717) is 11.7 Å². The van der Waals surface area contributed by atoms with Crippen molar-refractivity contribution in [2.75, 3.05) is 13.1 Å². The average molecular weight is 538 g/mol. The lowest BCUT2D eigenvalue weighted by atomic mass is 9.88. The van der Waals surface area contributed by atoms with Crippen LogP contribution in [0.4, 0.5) is 8.78 Å². The fourth-order valence-corrected chi connectivity index (χ4v) is 4.93. The van der Waals surface area contributed by atoms with Gasteiger partial charge in [0.2, 0.25) is 0 Å². The highest BCUT2D eigenvalue weighted by atomic mass is 79.9. The molecule has 1 unspecified atom stereocenters. The summed E-state index contributed by atoms with van der Waals surface area (Å²) in [5.41, 5.74) is 6.26. The molecule has 1 atom stereocenters. The van der Waals surface area contributed by atoms with E-state index in [4.69, 9.17) is 12.2 Å². The van der Waals surface area contributed by atoms with Crippen LogP contribution in [0.1, 0.15) is 22.7 Å². The second kappa shape index (κ2) is 9.78. The van der Waals surface area contributed by atoms with Gasteiger partial charge in [-0.15, -0.1) is 0 Å². The molecule has 7 heteroatoms. The molecule has 0 aliphatic carbocycles. The molecular weight excluding hydrogens is 516 g/mol. The fourth-order valence-electron chi connectivity index (χ4n) is 4.44. The third-order valence-corrected chi connectivity index (χ3v) is 6.77. The molecule has 0 spiro atoms. The van der Waals surface area contributed by atoms with Crippen LogP contribution >= 0.6 is 28.1 Å². The zero-order chi connectivity index (χ0) is 23.7. The van der Waals surface area contributed by atoms with Crippen molar-refractivity contribution in [3.8, 4) is 0 Å². The summed E-state index contributed by atoms with van der Waals surface area (Å²) in [4.78, 5) is 2.37. The Balaban J connectivity index is 1.56. The summed E-state index contributed by atoms with van der Waals surface area (Å²) < 4.78 is 28.1. The van der Waals surface area contributed by atoms with Crippen LogP contribution in [-0.2, 0) is 6.54 Å². The molecule has 3 aromatic carbocycles. The van der Waals surface area contributed by atoms with Crippen LogP contribution in [0.3, 0.4) is 0 Å². The van der Waals surface area contributed by atoms with Crippen LogP contribution in [0.5, 0.6) is 0 Å². The third kappa shape index (κ3) is 5.12. The van der Waals surface area contributed by atoms with Gasteiger partial charge in [-0.05, 0) is 82.5 Å². The van der Waals surface area contributed by atoms with Gasteiger partial charge in [-0.3, -0.25) is 4.90 Å². The van der Waals surface area contributed by atoms with E-state index in [1.165, 1.54) is 29.8 Å². The van der Waals surface area contributed by atoms with E-state index in [2.05, 4.69) is 49.7 Å². The standard InChI is InChI=1S/C27H22BrF2N3S/c28-21-7-1-18(2-8-21)14-33-15-20(13-17-3-9-22(29)10-4-17)26-24(16-33)25(31-27(34)32-26)19-5-11-23(30)12-6-19/h1-13,25H,14-16H2,(H2,31,32,34)/b20-13+.